The van der Waals surface area contributed by atoms with Gasteiger partial charge in [-0.3, -0.25) is 24.7 Å². The zero-order valence-corrected chi connectivity index (χ0v) is 11.4. The van der Waals surface area contributed by atoms with Gasteiger partial charge in [-0.15, -0.1) is 0 Å². The van der Waals surface area contributed by atoms with Gasteiger partial charge in [0.25, 0.3) is 11.6 Å². The fraction of sp³-hybridized carbons (Fsp3) is 0.462. The number of pyridine rings is 1. The first kappa shape index (κ1) is 14.9. The first-order valence-corrected chi connectivity index (χ1v) is 6.55. The van der Waals surface area contributed by atoms with E-state index in [1.165, 1.54) is 0 Å². The van der Waals surface area contributed by atoms with Crippen molar-refractivity contribution >= 4 is 17.6 Å². The number of rotatable bonds is 4. The van der Waals surface area contributed by atoms with Crippen LogP contribution < -0.4 is 5.32 Å². The number of aliphatic carboxylic acids is 1. The Balaban J connectivity index is 2.18. The summed E-state index contributed by atoms with van der Waals surface area (Å²) >= 11 is 0. The van der Waals surface area contributed by atoms with Crippen molar-refractivity contribution in [1.29, 1.82) is 0 Å². The molecule has 2 rings (SSSR count). The standard InChI is InChI=1S/C13H15N3O5/c1-7-10(5-8(6-14-7)16(20)21)12(17)15-11-4-2-3-9(11)13(18)19/h5-6,9,11H,2-4H2,1H3,(H,15,17)(H,18,19)/t9-,11+/m0/s1. The minimum atomic E-state index is -0.938. The molecule has 2 N–H and O–H groups in total. The van der Waals surface area contributed by atoms with Crippen LogP contribution in [0.4, 0.5) is 5.69 Å². The highest BCUT2D eigenvalue weighted by Crippen LogP contribution is 2.26. The Morgan fingerprint density at radius 3 is 2.81 bits per heavy atom. The Morgan fingerprint density at radius 1 is 1.48 bits per heavy atom. The van der Waals surface area contributed by atoms with Gasteiger partial charge in [-0.1, -0.05) is 6.42 Å². The lowest BCUT2D eigenvalue weighted by Crippen LogP contribution is -2.40. The summed E-state index contributed by atoms with van der Waals surface area (Å²) in [4.78, 5) is 37.2. The molecule has 112 valence electrons. The van der Waals surface area contributed by atoms with Gasteiger partial charge >= 0.3 is 5.97 Å². The lowest BCUT2D eigenvalue weighted by Gasteiger charge is -2.17. The molecule has 0 radical (unpaired) electrons. The molecule has 1 fully saturated rings. The Bertz CT molecular complexity index is 601. The number of amides is 1. The number of carboxylic acids is 1. The first-order valence-electron chi connectivity index (χ1n) is 6.55. The molecule has 8 nitrogen and oxygen atoms in total. The van der Waals surface area contributed by atoms with Gasteiger partial charge in [0.15, 0.2) is 0 Å². The van der Waals surface area contributed by atoms with Crippen LogP contribution in [-0.2, 0) is 4.79 Å². The minimum Gasteiger partial charge on any atom is -0.481 e. The molecule has 21 heavy (non-hydrogen) atoms. The van der Waals surface area contributed by atoms with E-state index in [4.69, 9.17) is 5.11 Å². The highest BCUT2D eigenvalue weighted by atomic mass is 16.6. The number of aromatic nitrogens is 1. The van der Waals surface area contributed by atoms with E-state index in [0.717, 1.165) is 18.7 Å². The number of nitrogens with zero attached hydrogens (tertiary/aromatic N) is 2. The monoisotopic (exact) mass is 293 g/mol. The van der Waals surface area contributed by atoms with Crippen LogP contribution >= 0.6 is 0 Å². The summed E-state index contributed by atoms with van der Waals surface area (Å²) in [6.07, 6.45) is 2.92. The summed E-state index contributed by atoms with van der Waals surface area (Å²) in [7, 11) is 0. The number of nitro groups is 1. The van der Waals surface area contributed by atoms with E-state index in [1.807, 2.05) is 0 Å². The van der Waals surface area contributed by atoms with Gasteiger partial charge in [0.1, 0.15) is 6.20 Å². The van der Waals surface area contributed by atoms with E-state index in [2.05, 4.69) is 10.3 Å². The highest BCUT2D eigenvalue weighted by molar-refractivity contribution is 5.96. The van der Waals surface area contributed by atoms with Gasteiger partial charge < -0.3 is 10.4 Å². The SMILES string of the molecule is Cc1ncc([N+](=O)[O-])cc1C(=O)N[C@@H]1CCC[C@@H]1C(=O)O. The van der Waals surface area contributed by atoms with Crippen LogP contribution in [0.3, 0.4) is 0 Å². The number of carbonyl (C=O) groups is 2. The van der Waals surface area contributed by atoms with Crippen LogP contribution in [0, 0.1) is 23.0 Å². The number of hydrogen-bond donors (Lipinski definition) is 2. The second-order valence-corrected chi connectivity index (χ2v) is 5.04. The molecule has 1 aliphatic rings. The van der Waals surface area contributed by atoms with Gasteiger partial charge in [0, 0.05) is 12.1 Å². The van der Waals surface area contributed by atoms with Crippen LogP contribution in [0.15, 0.2) is 12.3 Å². The maximum atomic E-state index is 12.2. The number of aryl methyl sites for hydroxylation is 1. The summed E-state index contributed by atoms with van der Waals surface area (Å²) in [6, 6.07) is 0.705. The van der Waals surface area contributed by atoms with E-state index in [9.17, 15) is 19.7 Å². The topological polar surface area (TPSA) is 122 Å². The lowest BCUT2D eigenvalue weighted by atomic mass is 10.0. The van der Waals surface area contributed by atoms with E-state index in [-0.39, 0.29) is 11.3 Å². The Morgan fingerprint density at radius 2 is 2.19 bits per heavy atom. The fourth-order valence-corrected chi connectivity index (χ4v) is 2.53. The van der Waals surface area contributed by atoms with Crippen molar-refractivity contribution in [1.82, 2.24) is 10.3 Å². The van der Waals surface area contributed by atoms with E-state index >= 15 is 0 Å². The van der Waals surface area contributed by atoms with Gasteiger partial charge in [-0.25, -0.2) is 0 Å². The van der Waals surface area contributed by atoms with E-state index < -0.39 is 28.8 Å². The van der Waals surface area contributed by atoms with Crippen molar-refractivity contribution in [2.24, 2.45) is 5.92 Å². The molecule has 1 aromatic heterocycles. The van der Waals surface area contributed by atoms with Crippen LogP contribution in [0.1, 0.15) is 35.3 Å². The third kappa shape index (κ3) is 3.15. The van der Waals surface area contributed by atoms with Gasteiger partial charge in [-0.2, -0.15) is 0 Å². The van der Waals surface area contributed by atoms with Crippen molar-refractivity contribution in [2.75, 3.05) is 0 Å². The van der Waals surface area contributed by atoms with Crippen molar-refractivity contribution in [3.8, 4) is 0 Å². The van der Waals surface area contributed by atoms with Crippen molar-refractivity contribution < 1.29 is 19.6 Å². The Kier molecular flexibility index (Phi) is 4.15. The largest absolute Gasteiger partial charge is 0.481 e. The molecule has 1 aliphatic carbocycles. The van der Waals surface area contributed by atoms with Gasteiger partial charge in [0.05, 0.1) is 22.1 Å². The average Bonchev–Trinajstić information content (AvgIpc) is 2.87. The maximum absolute atomic E-state index is 12.2. The molecule has 0 aliphatic heterocycles. The quantitative estimate of drug-likeness (QED) is 0.636. The zero-order valence-electron chi connectivity index (χ0n) is 11.4. The predicted octanol–water partition coefficient (Wildman–Crippen LogP) is 1.28. The van der Waals surface area contributed by atoms with Crippen molar-refractivity contribution in [3.63, 3.8) is 0 Å². The Labute approximate surface area is 120 Å². The van der Waals surface area contributed by atoms with Crippen molar-refractivity contribution in [2.45, 2.75) is 32.2 Å². The molecule has 1 saturated carbocycles. The third-order valence-electron chi connectivity index (χ3n) is 3.68. The van der Waals surface area contributed by atoms with E-state index in [0.29, 0.717) is 18.5 Å². The third-order valence-corrected chi connectivity index (χ3v) is 3.68. The molecule has 0 spiro atoms. The molecule has 0 aromatic carbocycles. The average molecular weight is 293 g/mol. The first-order chi connectivity index (χ1) is 9.90. The molecule has 8 heteroatoms. The maximum Gasteiger partial charge on any atom is 0.308 e. The summed E-state index contributed by atoms with van der Waals surface area (Å²) < 4.78 is 0. The summed E-state index contributed by atoms with van der Waals surface area (Å²) in [6.45, 7) is 1.57. The van der Waals surface area contributed by atoms with Gasteiger partial charge in [0.2, 0.25) is 0 Å². The molecule has 0 saturated heterocycles. The molecule has 0 unspecified atom stereocenters. The number of carboxylic acid groups (broad SMARTS) is 1. The molecule has 1 heterocycles. The summed E-state index contributed by atoms with van der Waals surface area (Å²) in [5.74, 6) is -2.07. The number of nitrogens with one attached hydrogen (secondary N) is 1. The summed E-state index contributed by atoms with van der Waals surface area (Å²) in [5, 5.41) is 22.5. The van der Waals surface area contributed by atoms with Crippen LogP contribution in [0.5, 0.6) is 0 Å². The second-order valence-electron chi connectivity index (χ2n) is 5.04. The normalized spacial score (nSPS) is 21.0. The van der Waals surface area contributed by atoms with E-state index in [1.54, 1.807) is 6.92 Å². The zero-order chi connectivity index (χ0) is 15.6. The molecular weight excluding hydrogens is 278 g/mol. The Hall–Kier alpha value is -2.51. The van der Waals surface area contributed by atoms with Crippen molar-refractivity contribution in [3.05, 3.63) is 33.6 Å². The molecule has 0 bridgehead atoms. The van der Waals surface area contributed by atoms with Crippen LogP contribution in [-0.4, -0.2) is 32.9 Å². The molecular formula is C13H15N3O5. The summed E-state index contributed by atoms with van der Waals surface area (Å²) in [5.41, 5.74) is 0.190. The predicted molar refractivity (Wildman–Crippen MR) is 71.9 cm³/mol. The smallest absolute Gasteiger partial charge is 0.308 e. The number of hydrogen-bond acceptors (Lipinski definition) is 5. The lowest BCUT2D eigenvalue weighted by molar-refractivity contribution is -0.385. The highest BCUT2D eigenvalue weighted by Gasteiger charge is 2.34. The molecule has 2 atom stereocenters. The minimum absolute atomic E-state index is 0.0974. The number of carbonyl (C=O) groups excluding carboxylic acids is 1. The molecule has 1 amide bonds. The molecule has 1 aromatic rings. The van der Waals surface area contributed by atoms with Gasteiger partial charge in [-0.05, 0) is 19.8 Å². The van der Waals surface area contributed by atoms with Crippen LogP contribution in [0.25, 0.3) is 0 Å². The van der Waals surface area contributed by atoms with Crippen LogP contribution in [0.2, 0.25) is 0 Å². The fourth-order valence-electron chi connectivity index (χ4n) is 2.53. The second kappa shape index (κ2) is 5.86.